The third-order valence-corrected chi connectivity index (χ3v) is 4.37. The molecule has 2 rings (SSSR count). The number of hydrogen-bond acceptors (Lipinski definition) is 1. The summed E-state index contributed by atoms with van der Waals surface area (Å²) in [7, 11) is 0. The van der Waals surface area contributed by atoms with Gasteiger partial charge in [-0.15, -0.1) is 0 Å². The molecule has 0 unspecified atom stereocenters. The van der Waals surface area contributed by atoms with E-state index in [9.17, 15) is 4.79 Å². The highest BCUT2D eigenvalue weighted by Crippen LogP contribution is 2.23. The second kappa shape index (κ2) is 10.0. The number of carbonyl (C=O) groups is 1. The van der Waals surface area contributed by atoms with Gasteiger partial charge in [-0.25, -0.2) is 0 Å². The van der Waals surface area contributed by atoms with Crippen molar-refractivity contribution in [2.45, 2.75) is 64.2 Å². The Morgan fingerprint density at radius 1 is 0.913 bits per heavy atom. The molecule has 1 aliphatic heterocycles. The van der Waals surface area contributed by atoms with Crippen LogP contribution in [0.4, 0.5) is 0 Å². The molecule has 2 nitrogen and oxygen atoms in total. The van der Waals surface area contributed by atoms with Gasteiger partial charge in [-0.1, -0.05) is 87.9 Å². The summed E-state index contributed by atoms with van der Waals surface area (Å²) in [6.45, 7) is 2.24. The Labute approximate surface area is 140 Å². The molecule has 124 valence electrons. The van der Waals surface area contributed by atoms with Crippen LogP contribution in [0.25, 0.3) is 0 Å². The summed E-state index contributed by atoms with van der Waals surface area (Å²) in [5, 5.41) is 0. The largest absolute Gasteiger partial charge is 0.295 e. The SMILES string of the molecule is CCCCCCCCCC(=O)N1C=CC(c2ccccc2)C=C1. The highest BCUT2D eigenvalue weighted by molar-refractivity contribution is 5.78. The molecule has 0 aliphatic carbocycles. The van der Waals surface area contributed by atoms with Crippen LogP contribution in [0.5, 0.6) is 0 Å². The van der Waals surface area contributed by atoms with Gasteiger partial charge in [0.25, 0.3) is 0 Å². The number of benzene rings is 1. The lowest BCUT2D eigenvalue weighted by Gasteiger charge is -2.20. The summed E-state index contributed by atoms with van der Waals surface area (Å²) in [6, 6.07) is 10.4. The van der Waals surface area contributed by atoms with Crippen molar-refractivity contribution in [2.24, 2.45) is 0 Å². The van der Waals surface area contributed by atoms with Gasteiger partial charge in [0.1, 0.15) is 0 Å². The van der Waals surface area contributed by atoms with Crippen LogP contribution in [-0.2, 0) is 4.79 Å². The first-order valence-electron chi connectivity index (χ1n) is 9.04. The normalized spacial score (nSPS) is 14.4. The molecule has 1 amide bonds. The van der Waals surface area contributed by atoms with E-state index in [-0.39, 0.29) is 11.8 Å². The molecule has 2 heteroatoms. The van der Waals surface area contributed by atoms with Crippen molar-refractivity contribution in [3.63, 3.8) is 0 Å². The molecule has 0 fully saturated rings. The van der Waals surface area contributed by atoms with Crippen molar-refractivity contribution < 1.29 is 4.79 Å². The van der Waals surface area contributed by atoms with Gasteiger partial charge in [0.15, 0.2) is 0 Å². The molecule has 0 atom stereocenters. The lowest BCUT2D eigenvalue weighted by Crippen LogP contribution is -2.21. The number of nitrogens with zero attached hydrogens (tertiary/aromatic N) is 1. The topological polar surface area (TPSA) is 20.3 Å². The molecular formula is C21H29NO. The smallest absolute Gasteiger partial charge is 0.230 e. The van der Waals surface area contributed by atoms with Crippen molar-refractivity contribution in [2.75, 3.05) is 0 Å². The monoisotopic (exact) mass is 311 g/mol. The van der Waals surface area contributed by atoms with Crippen molar-refractivity contribution >= 4 is 5.91 Å². The fraction of sp³-hybridized carbons (Fsp3) is 0.476. The van der Waals surface area contributed by atoms with E-state index in [1.54, 1.807) is 4.90 Å². The fourth-order valence-corrected chi connectivity index (χ4v) is 2.91. The zero-order valence-corrected chi connectivity index (χ0v) is 14.3. The molecule has 0 saturated heterocycles. The van der Waals surface area contributed by atoms with Crippen molar-refractivity contribution in [3.05, 3.63) is 60.4 Å². The average Bonchev–Trinajstić information content (AvgIpc) is 2.61. The Balaban J connectivity index is 1.66. The standard InChI is InChI=1S/C21H29NO/c1-2-3-4-5-6-7-11-14-21(23)22-17-15-20(16-18-22)19-12-9-8-10-13-19/h8-10,12-13,15-18,20H,2-7,11,14H2,1H3. The van der Waals surface area contributed by atoms with E-state index in [1.165, 1.54) is 44.1 Å². The molecule has 0 saturated carbocycles. The molecule has 1 heterocycles. The highest BCUT2D eigenvalue weighted by Gasteiger charge is 2.13. The van der Waals surface area contributed by atoms with Crippen LogP contribution < -0.4 is 0 Å². The van der Waals surface area contributed by atoms with Gasteiger partial charge in [-0.05, 0) is 12.0 Å². The second-order valence-electron chi connectivity index (χ2n) is 6.29. The van der Waals surface area contributed by atoms with Crippen LogP contribution in [0.15, 0.2) is 54.9 Å². The van der Waals surface area contributed by atoms with E-state index in [1.807, 2.05) is 18.5 Å². The molecule has 23 heavy (non-hydrogen) atoms. The highest BCUT2D eigenvalue weighted by atomic mass is 16.2. The third kappa shape index (κ3) is 6.05. The van der Waals surface area contributed by atoms with Gasteiger partial charge in [-0.2, -0.15) is 0 Å². The Kier molecular flexibility index (Phi) is 7.65. The molecule has 0 radical (unpaired) electrons. The summed E-state index contributed by atoms with van der Waals surface area (Å²) in [6.07, 6.45) is 17.4. The average molecular weight is 311 g/mol. The number of allylic oxidation sites excluding steroid dienone is 2. The number of carbonyl (C=O) groups excluding carboxylic acids is 1. The zero-order chi connectivity index (χ0) is 16.3. The van der Waals surface area contributed by atoms with Crippen LogP contribution in [0.1, 0.15) is 69.8 Å². The number of unbranched alkanes of at least 4 members (excludes halogenated alkanes) is 6. The molecular weight excluding hydrogens is 282 g/mol. The number of amides is 1. The Hall–Kier alpha value is -1.83. The van der Waals surface area contributed by atoms with Crippen LogP contribution in [0, 0.1) is 0 Å². The fourth-order valence-electron chi connectivity index (χ4n) is 2.91. The van der Waals surface area contributed by atoms with E-state index in [2.05, 4.69) is 43.3 Å². The van der Waals surface area contributed by atoms with Gasteiger partial charge in [0.2, 0.25) is 5.91 Å². The number of hydrogen-bond donors (Lipinski definition) is 0. The minimum Gasteiger partial charge on any atom is -0.295 e. The predicted molar refractivity (Wildman–Crippen MR) is 96.9 cm³/mol. The maximum absolute atomic E-state index is 12.2. The maximum atomic E-state index is 12.2. The van der Waals surface area contributed by atoms with E-state index in [0.29, 0.717) is 6.42 Å². The molecule has 0 spiro atoms. The van der Waals surface area contributed by atoms with E-state index in [0.717, 1.165) is 6.42 Å². The first-order chi connectivity index (χ1) is 11.3. The molecule has 1 aromatic carbocycles. The molecule has 0 N–H and O–H groups in total. The second-order valence-corrected chi connectivity index (χ2v) is 6.29. The van der Waals surface area contributed by atoms with Crippen LogP contribution in [0.2, 0.25) is 0 Å². The lowest BCUT2D eigenvalue weighted by atomic mass is 9.97. The Morgan fingerprint density at radius 3 is 2.17 bits per heavy atom. The number of rotatable bonds is 9. The van der Waals surface area contributed by atoms with Gasteiger partial charge in [0, 0.05) is 24.7 Å². The predicted octanol–water partition coefficient (Wildman–Crippen LogP) is 5.78. The minimum absolute atomic E-state index is 0.206. The van der Waals surface area contributed by atoms with Gasteiger partial charge < -0.3 is 0 Å². The summed E-state index contributed by atoms with van der Waals surface area (Å²) < 4.78 is 0. The minimum atomic E-state index is 0.206. The van der Waals surface area contributed by atoms with Crippen molar-refractivity contribution in [1.82, 2.24) is 4.90 Å². The third-order valence-electron chi connectivity index (χ3n) is 4.37. The van der Waals surface area contributed by atoms with Crippen LogP contribution in [-0.4, -0.2) is 10.8 Å². The van der Waals surface area contributed by atoms with Crippen molar-refractivity contribution in [1.29, 1.82) is 0 Å². The lowest BCUT2D eigenvalue weighted by molar-refractivity contribution is -0.126. The first-order valence-corrected chi connectivity index (χ1v) is 9.04. The quantitative estimate of drug-likeness (QED) is 0.529. The maximum Gasteiger partial charge on any atom is 0.230 e. The van der Waals surface area contributed by atoms with Gasteiger partial charge in [0.05, 0.1) is 0 Å². The Bertz CT molecular complexity index is 504. The molecule has 0 bridgehead atoms. The summed E-state index contributed by atoms with van der Waals surface area (Å²) in [5.74, 6) is 0.483. The zero-order valence-electron chi connectivity index (χ0n) is 14.3. The first kappa shape index (κ1) is 17.5. The van der Waals surface area contributed by atoms with E-state index in [4.69, 9.17) is 0 Å². The van der Waals surface area contributed by atoms with Crippen LogP contribution in [0.3, 0.4) is 0 Å². The van der Waals surface area contributed by atoms with Crippen molar-refractivity contribution in [3.8, 4) is 0 Å². The van der Waals surface area contributed by atoms with Crippen LogP contribution >= 0.6 is 0 Å². The summed E-state index contributed by atoms with van der Waals surface area (Å²) in [4.78, 5) is 13.9. The molecule has 1 aromatic rings. The van der Waals surface area contributed by atoms with E-state index < -0.39 is 0 Å². The summed E-state index contributed by atoms with van der Waals surface area (Å²) >= 11 is 0. The molecule has 0 aromatic heterocycles. The van der Waals surface area contributed by atoms with Gasteiger partial charge >= 0.3 is 0 Å². The molecule has 1 aliphatic rings. The van der Waals surface area contributed by atoms with E-state index >= 15 is 0 Å². The summed E-state index contributed by atoms with van der Waals surface area (Å²) in [5.41, 5.74) is 1.26. The van der Waals surface area contributed by atoms with Gasteiger partial charge in [-0.3, -0.25) is 9.69 Å². The Morgan fingerprint density at radius 2 is 1.52 bits per heavy atom.